The third-order valence-electron chi connectivity index (χ3n) is 3.49. The summed E-state index contributed by atoms with van der Waals surface area (Å²) in [5.74, 6) is 0. The molecule has 1 N–H and O–H groups in total. The van der Waals surface area contributed by atoms with Crippen molar-refractivity contribution < 1.29 is 0 Å². The van der Waals surface area contributed by atoms with Crippen LogP contribution in [0, 0.1) is 0 Å². The lowest BCUT2D eigenvalue weighted by atomic mass is 10.2. The summed E-state index contributed by atoms with van der Waals surface area (Å²) in [6.45, 7) is 7.57. The van der Waals surface area contributed by atoms with E-state index in [0.717, 1.165) is 18.1 Å². The monoisotopic (exact) mass is 309 g/mol. The summed E-state index contributed by atoms with van der Waals surface area (Å²) >= 11 is 3.61. The largest absolute Gasteiger partial charge is 0.348 e. The van der Waals surface area contributed by atoms with E-state index in [2.05, 4.69) is 60.5 Å². The summed E-state index contributed by atoms with van der Waals surface area (Å²) in [4.78, 5) is 9.60. The highest BCUT2D eigenvalue weighted by molar-refractivity contribution is 7.15. The first-order valence-corrected chi connectivity index (χ1v) is 8.75. The molecule has 0 saturated carbocycles. The number of nitrogens with zero attached hydrogens (tertiary/aromatic N) is 2. The van der Waals surface area contributed by atoms with E-state index in [1.807, 2.05) is 17.5 Å². The van der Waals surface area contributed by atoms with Crippen molar-refractivity contribution in [3.63, 3.8) is 0 Å². The van der Waals surface area contributed by atoms with E-state index in [1.165, 1.54) is 9.75 Å². The van der Waals surface area contributed by atoms with Crippen LogP contribution in [-0.4, -0.2) is 24.6 Å². The summed E-state index contributed by atoms with van der Waals surface area (Å²) in [5, 5.41) is 6.68. The highest BCUT2D eigenvalue weighted by Gasteiger charge is 2.16. The van der Waals surface area contributed by atoms with Crippen molar-refractivity contribution in [2.24, 2.45) is 0 Å². The Bertz CT molecular complexity index is 507. The Morgan fingerprint density at radius 2 is 2.20 bits per heavy atom. The average molecular weight is 310 g/mol. The van der Waals surface area contributed by atoms with E-state index < -0.39 is 0 Å². The third-order valence-corrected chi connectivity index (χ3v) is 5.66. The Labute approximate surface area is 129 Å². The molecule has 2 atom stereocenters. The fourth-order valence-electron chi connectivity index (χ4n) is 2.09. The van der Waals surface area contributed by atoms with Gasteiger partial charge in [0.25, 0.3) is 0 Å². The van der Waals surface area contributed by atoms with Crippen LogP contribution in [0.4, 0.5) is 5.13 Å². The minimum Gasteiger partial charge on any atom is -0.348 e. The Balaban J connectivity index is 1.99. The van der Waals surface area contributed by atoms with E-state index in [9.17, 15) is 0 Å². The number of aromatic nitrogens is 1. The molecule has 2 aromatic rings. The maximum absolute atomic E-state index is 4.58. The average Bonchev–Trinajstić information content (AvgIpc) is 3.09. The van der Waals surface area contributed by atoms with Crippen LogP contribution in [0.3, 0.4) is 0 Å². The van der Waals surface area contributed by atoms with Crippen molar-refractivity contribution in [1.82, 2.24) is 10.3 Å². The van der Waals surface area contributed by atoms with Gasteiger partial charge in [0.1, 0.15) is 0 Å². The molecule has 0 aliphatic heterocycles. The normalized spacial score (nSPS) is 14.2. The summed E-state index contributed by atoms with van der Waals surface area (Å²) in [5.41, 5.74) is 0. The van der Waals surface area contributed by atoms with Gasteiger partial charge in [0.05, 0.1) is 0 Å². The number of nitrogens with one attached hydrogen (secondary N) is 1. The van der Waals surface area contributed by atoms with Crippen LogP contribution in [0.1, 0.15) is 36.6 Å². The number of thiophene rings is 1. The molecule has 20 heavy (non-hydrogen) atoms. The minimum absolute atomic E-state index is 0.382. The van der Waals surface area contributed by atoms with Crippen LogP contribution >= 0.6 is 22.7 Å². The second kappa shape index (κ2) is 7.20. The Morgan fingerprint density at radius 1 is 1.40 bits per heavy atom. The zero-order valence-corrected chi connectivity index (χ0v) is 14.2. The molecular formula is C15H23N3S2. The Hall–Kier alpha value is -0.910. The lowest BCUT2D eigenvalue weighted by molar-refractivity contribution is 0.606. The first-order valence-electron chi connectivity index (χ1n) is 7.06. The van der Waals surface area contributed by atoms with Gasteiger partial charge in [0, 0.05) is 41.5 Å². The van der Waals surface area contributed by atoms with Gasteiger partial charge in [-0.25, -0.2) is 4.98 Å². The molecule has 2 heterocycles. The zero-order chi connectivity index (χ0) is 14.5. The molecule has 110 valence electrons. The van der Waals surface area contributed by atoms with Crippen LogP contribution < -0.4 is 10.2 Å². The van der Waals surface area contributed by atoms with E-state index in [1.54, 1.807) is 11.3 Å². The lowest BCUT2D eigenvalue weighted by Gasteiger charge is -2.23. The molecule has 0 spiro atoms. The highest BCUT2D eigenvalue weighted by atomic mass is 32.1. The van der Waals surface area contributed by atoms with Gasteiger partial charge in [-0.15, -0.1) is 22.7 Å². The van der Waals surface area contributed by atoms with Gasteiger partial charge >= 0.3 is 0 Å². The maximum Gasteiger partial charge on any atom is 0.185 e. The molecule has 3 nitrogen and oxygen atoms in total. The predicted octanol–water partition coefficient (Wildman–Crippen LogP) is 3.94. The standard InChI is InChI=1S/C15H23N3S2/c1-5-16-12(3)14-10-17-15(20-14)18(4)11(2)9-13-7-6-8-19-13/h6-8,10-12,16H,5,9H2,1-4H3. The van der Waals surface area contributed by atoms with Crippen molar-refractivity contribution in [2.75, 3.05) is 18.5 Å². The molecule has 0 aromatic carbocycles. The van der Waals surface area contributed by atoms with Gasteiger partial charge in [-0.3, -0.25) is 0 Å². The summed E-state index contributed by atoms with van der Waals surface area (Å²) in [7, 11) is 2.14. The van der Waals surface area contributed by atoms with Crippen LogP contribution in [-0.2, 0) is 6.42 Å². The molecular weight excluding hydrogens is 286 g/mol. The second-order valence-electron chi connectivity index (χ2n) is 5.07. The van der Waals surface area contributed by atoms with Gasteiger partial charge in [-0.2, -0.15) is 0 Å². The Kier molecular flexibility index (Phi) is 5.57. The number of thiazole rings is 1. The highest BCUT2D eigenvalue weighted by Crippen LogP contribution is 2.28. The Morgan fingerprint density at radius 3 is 2.85 bits per heavy atom. The molecule has 2 unspecified atom stereocenters. The first-order chi connectivity index (χ1) is 9.61. The third kappa shape index (κ3) is 3.81. The fraction of sp³-hybridized carbons (Fsp3) is 0.533. The molecule has 0 fully saturated rings. The predicted molar refractivity (Wildman–Crippen MR) is 90.1 cm³/mol. The molecule has 0 saturated heterocycles. The van der Waals surface area contributed by atoms with Crippen LogP contribution in [0.25, 0.3) is 0 Å². The van der Waals surface area contributed by atoms with Gasteiger partial charge in [0.2, 0.25) is 0 Å². The maximum atomic E-state index is 4.58. The molecule has 0 aliphatic rings. The minimum atomic E-state index is 0.382. The fourth-order valence-corrected chi connectivity index (χ4v) is 3.92. The quantitative estimate of drug-likeness (QED) is 0.839. The lowest BCUT2D eigenvalue weighted by Crippen LogP contribution is -2.30. The van der Waals surface area contributed by atoms with Gasteiger partial charge in [-0.1, -0.05) is 13.0 Å². The number of hydrogen-bond donors (Lipinski definition) is 1. The summed E-state index contributed by atoms with van der Waals surface area (Å²) < 4.78 is 0. The molecule has 0 bridgehead atoms. The smallest absolute Gasteiger partial charge is 0.185 e. The second-order valence-corrected chi connectivity index (χ2v) is 7.14. The van der Waals surface area contributed by atoms with Crippen molar-refractivity contribution in [2.45, 2.75) is 39.3 Å². The summed E-state index contributed by atoms with van der Waals surface area (Å²) in [6, 6.07) is 5.16. The molecule has 2 aromatic heterocycles. The van der Waals surface area contributed by atoms with Crippen molar-refractivity contribution >= 4 is 27.8 Å². The molecule has 0 radical (unpaired) electrons. The van der Waals surface area contributed by atoms with E-state index >= 15 is 0 Å². The number of anilines is 1. The van der Waals surface area contributed by atoms with Gasteiger partial charge < -0.3 is 10.2 Å². The van der Waals surface area contributed by atoms with Crippen LogP contribution in [0.2, 0.25) is 0 Å². The number of hydrogen-bond acceptors (Lipinski definition) is 5. The zero-order valence-electron chi connectivity index (χ0n) is 12.6. The number of rotatable bonds is 7. The van der Waals surface area contributed by atoms with Crippen LogP contribution in [0.15, 0.2) is 23.7 Å². The SMILES string of the molecule is CCNC(C)c1cnc(N(C)C(C)Cc2cccs2)s1. The van der Waals surface area contributed by atoms with Gasteiger partial charge in [-0.05, 0) is 31.8 Å². The first kappa shape index (κ1) is 15.5. The van der Waals surface area contributed by atoms with E-state index in [-0.39, 0.29) is 0 Å². The molecule has 5 heteroatoms. The van der Waals surface area contributed by atoms with Crippen molar-refractivity contribution in [3.8, 4) is 0 Å². The van der Waals surface area contributed by atoms with E-state index in [4.69, 9.17) is 0 Å². The van der Waals surface area contributed by atoms with E-state index in [0.29, 0.717) is 12.1 Å². The van der Waals surface area contributed by atoms with Crippen molar-refractivity contribution in [3.05, 3.63) is 33.5 Å². The van der Waals surface area contributed by atoms with Gasteiger partial charge in [0.15, 0.2) is 5.13 Å². The van der Waals surface area contributed by atoms with Crippen LogP contribution in [0.5, 0.6) is 0 Å². The summed E-state index contributed by atoms with van der Waals surface area (Å²) in [6.07, 6.45) is 3.08. The molecule has 2 rings (SSSR count). The van der Waals surface area contributed by atoms with Crippen molar-refractivity contribution in [1.29, 1.82) is 0 Å². The molecule has 0 aliphatic carbocycles. The molecule has 0 amide bonds. The topological polar surface area (TPSA) is 28.2 Å². The number of likely N-dealkylation sites (N-methyl/N-ethyl adjacent to an activating group) is 1.